The van der Waals surface area contributed by atoms with Crippen molar-refractivity contribution in [1.29, 1.82) is 0 Å². The number of benzene rings is 11. The second kappa shape index (κ2) is 22.1. The molecule has 0 saturated carbocycles. The van der Waals surface area contributed by atoms with Crippen LogP contribution >= 0.6 is 0 Å². The van der Waals surface area contributed by atoms with Gasteiger partial charge in [0.25, 0.3) is 0 Å². The van der Waals surface area contributed by atoms with Gasteiger partial charge >= 0.3 is 0 Å². The van der Waals surface area contributed by atoms with Crippen LogP contribution in [-0.2, 0) is 12.8 Å². The van der Waals surface area contributed by atoms with Crippen molar-refractivity contribution in [3.63, 3.8) is 0 Å². The number of nitrogens with zero attached hydrogens (tertiary/aromatic N) is 2. The van der Waals surface area contributed by atoms with E-state index in [2.05, 4.69) is 256 Å². The highest BCUT2D eigenvalue weighted by Gasteiger charge is 2.30. The van der Waals surface area contributed by atoms with Gasteiger partial charge < -0.3 is 19.3 Å². The van der Waals surface area contributed by atoms with Crippen molar-refractivity contribution < 1.29 is 9.47 Å². The Morgan fingerprint density at radius 2 is 0.625 bits per heavy atom. The van der Waals surface area contributed by atoms with Crippen molar-refractivity contribution in [1.82, 2.24) is 0 Å². The molecule has 0 aliphatic heterocycles. The largest absolute Gasteiger partial charge is 0.494 e. The van der Waals surface area contributed by atoms with E-state index in [0.717, 1.165) is 97.0 Å². The van der Waals surface area contributed by atoms with Gasteiger partial charge in [-0.3, -0.25) is 0 Å². The molecule has 0 unspecified atom stereocenters. The summed E-state index contributed by atoms with van der Waals surface area (Å²) in [5.41, 5.74) is 14.4. The Labute approximate surface area is 471 Å². The van der Waals surface area contributed by atoms with E-state index in [1.165, 1.54) is 98.0 Å². The summed E-state index contributed by atoms with van der Waals surface area (Å²) in [6.07, 6.45) is 8.58. The van der Waals surface area contributed by atoms with E-state index >= 15 is 0 Å². The summed E-state index contributed by atoms with van der Waals surface area (Å²) in [6.45, 7) is 10.3. The van der Waals surface area contributed by atoms with E-state index in [1.807, 2.05) is 0 Å². The first kappa shape index (κ1) is 50.6. The van der Waals surface area contributed by atoms with Crippen molar-refractivity contribution in [2.24, 2.45) is 0 Å². The molecular weight excluding hydrogens is 973 g/mol. The molecule has 0 aromatic heterocycles. The van der Waals surface area contributed by atoms with Gasteiger partial charge in [-0.05, 0) is 198 Å². The monoisotopic (exact) mass is 1040 g/mol. The molecule has 0 radical (unpaired) electrons. The van der Waals surface area contributed by atoms with Gasteiger partial charge in [-0.25, -0.2) is 0 Å². The second-order valence-corrected chi connectivity index (χ2v) is 21.6. The number of ether oxygens (including phenoxy) is 2. The minimum absolute atomic E-state index is 0.715. The third-order valence-electron chi connectivity index (χ3n) is 16.4. The van der Waals surface area contributed by atoms with Gasteiger partial charge in [0.15, 0.2) is 0 Å². The van der Waals surface area contributed by atoms with Crippen LogP contribution < -0.4 is 19.3 Å². The minimum Gasteiger partial charge on any atom is -0.494 e. The van der Waals surface area contributed by atoms with Crippen LogP contribution in [0.25, 0.3) is 86.9 Å². The van der Waals surface area contributed by atoms with E-state index in [0.29, 0.717) is 13.2 Å². The Balaban J connectivity index is 1.09. The maximum absolute atomic E-state index is 6.20. The summed E-state index contributed by atoms with van der Waals surface area (Å²) in [6, 6.07) is 81.8. The summed E-state index contributed by atoms with van der Waals surface area (Å²) in [4.78, 5) is 4.89. The number of aryl methyl sites for hydroxylation is 2. The molecule has 0 amide bonds. The van der Waals surface area contributed by atoms with Crippen LogP contribution in [0.3, 0.4) is 0 Å². The zero-order valence-electron chi connectivity index (χ0n) is 46.6. The SMILES string of the molecule is CCCCOc1ccc(N(c2ccc(CCC)cc2)c2ccc3c4c(-c5ccccc5)c5c6ccc(N(c7ccc(CCC)cc7)c7ccc(OCCCC)cc7)c7cccc(c5c(-c5ccccc5)c4c4cccc2c43)c76)cc1. The van der Waals surface area contributed by atoms with Crippen molar-refractivity contribution in [2.45, 2.75) is 79.1 Å². The predicted octanol–water partition coefficient (Wildman–Crippen LogP) is 22.0. The number of hydrogen-bond acceptors (Lipinski definition) is 4. The van der Waals surface area contributed by atoms with E-state index in [-0.39, 0.29) is 0 Å². The molecule has 0 aliphatic carbocycles. The third-order valence-corrected chi connectivity index (χ3v) is 16.4. The summed E-state index contributed by atoms with van der Waals surface area (Å²) in [5, 5.41) is 15.2. The quantitative estimate of drug-likeness (QED) is 0.0710. The molecule has 0 heterocycles. The predicted molar refractivity (Wildman–Crippen MR) is 343 cm³/mol. The Bertz CT molecular complexity index is 3910. The van der Waals surface area contributed by atoms with Crippen LogP contribution in [0.4, 0.5) is 34.1 Å². The van der Waals surface area contributed by atoms with Crippen LogP contribution in [0.1, 0.15) is 77.3 Å². The third kappa shape index (κ3) is 8.97. The molecule has 0 saturated heterocycles. The van der Waals surface area contributed by atoms with E-state index in [9.17, 15) is 0 Å². The molecule has 0 N–H and O–H groups in total. The second-order valence-electron chi connectivity index (χ2n) is 21.6. The van der Waals surface area contributed by atoms with Gasteiger partial charge in [-0.1, -0.05) is 187 Å². The van der Waals surface area contributed by atoms with Gasteiger partial charge in [0.2, 0.25) is 0 Å². The molecule has 80 heavy (non-hydrogen) atoms. The van der Waals surface area contributed by atoms with Crippen molar-refractivity contribution in [3.05, 3.63) is 230 Å². The molecule has 0 atom stereocenters. The van der Waals surface area contributed by atoms with Gasteiger partial charge in [-0.2, -0.15) is 0 Å². The Kier molecular flexibility index (Phi) is 14.0. The molecule has 0 aliphatic rings. The van der Waals surface area contributed by atoms with Crippen LogP contribution in [0.15, 0.2) is 218 Å². The maximum Gasteiger partial charge on any atom is 0.119 e. The smallest absolute Gasteiger partial charge is 0.119 e. The van der Waals surface area contributed by atoms with Crippen LogP contribution in [0, 0.1) is 0 Å². The van der Waals surface area contributed by atoms with Gasteiger partial charge in [-0.15, -0.1) is 0 Å². The lowest BCUT2D eigenvalue weighted by molar-refractivity contribution is 0.309. The van der Waals surface area contributed by atoms with E-state index in [1.54, 1.807) is 0 Å². The molecule has 13 rings (SSSR count). The molecule has 0 fully saturated rings. The first-order valence-electron chi connectivity index (χ1n) is 29.3. The molecule has 394 valence electrons. The zero-order chi connectivity index (χ0) is 54.1. The average molecular weight is 1040 g/mol. The van der Waals surface area contributed by atoms with Crippen molar-refractivity contribution in [3.8, 4) is 33.8 Å². The summed E-state index contributed by atoms with van der Waals surface area (Å²) >= 11 is 0. The van der Waals surface area contributed by atoms with Gasteiger partial charge in [0.1, 0.15) is 11.5 Å². The summed E-state index contributed by atoms with van der Waals surface area (Å²) < 4.78 is 12.4. The molecule has 0 spiro atoms. The average Bonchev–Trinajstić information content (AvgIpc) is 3.89. The van der Waals surface area contributed by atoms with Crippen molar-refractivity contribution >= 4 is 98.8 Å². The fourth-order valence-electron chi connectivity index (χ4n) is 12.7. The van der Waals surface area contributed by atoms with Gasteiger partial charge in [0.05, 0.1) is 24.6 Å². The van der Waals surface area contributed by atoms with E-state index < -0.39 is 0 Å². The Morgan fingerprint density at radius 1 is 0.287 bits per heavy atom. The number of rotatable bonds is 20. The van der Waals surface area contributed by atoms with Crippen LogP contribution in [-0.4, -0.2) is 13.2 Å². The fourth-order valence-corrected chi connectivity index (χ4v) is 12.7. The Morgan fingerprint density at radius 3 is 0.975 bits per heavy atom. The van der Waals surface area contributed by atoms with Crippen LogP contribution in [0.5, 0.6) is 11.5 Å². The van der Waals surface area contributed by atoms with E-state index in [4.69, 9.17) is 9.47 Å². The number of hydrogen-bond donors (Lipinski definition) is 0. The maximum atomic E-state index is 6.20. The highest BCUT2D eigenvalue weighted by molar-refractivity contribution is 6.47. The number of unbranched alkanes of at least 4 members (excludes halogenated alkanes) is 2. The van der Waals surface area contributed by atoms with Crippen LogP contribution in [0.2, 0.25) is 0 Å². The molecular formula is C76H68N2O2. The highest BCUT2D eigenvalue weighted by atomic mass is 16.5. The first-order chi connectivity index (χ1) is 39.6. The van der Waals surface area contributed by atoms with Crippen molar-refractivity contribution in [2.75, 3.05) is 23.0 Å². The topological polar surface area (TPSA) is 24.9 Å². The molecule has 0 bridgehead atoms. The minimum atomic E-state index is 0.715. The summed E-state index contributed by atoms with van der Waals surface area (Å²) in [7, 11) is 0. The number of fused-ring (bicyclic) bond motifs is 6. The zero-order valence-corrected chi connectivity index (χ0v) is 46.6. The molecule has 4 nitrogen and oxygen atoms in total. The molecule has 4 heteroatoms. The number of anilines is 6. The summed E-state index contributed by atoms with van der Waals surface area (Å²) in [5.74, 6) is 1.79. The molecule has 13 aromatic carbocycles. The lowest BCUT2D eigenvalue weighted by Crippen LogP contribution is -2.10. The first-order valence-corrected chi connectivity index (χ1v) is 29.3. The standard InChI is InChI=1S/C76H68N2O2/c1-5-9-49-79-59-41-37-57(38-42-59)77(55-33-29-51(19-7-3)30-34-55)67-47-45-65-71-61(67)25-17-27-63(71)73-69(53-21-13-11-14-22-53)74-64-28-18-26-62-68(48-46-66(72(62)64)76(74)70(75(65)73)54-23-15-12-16-24-54)78(56-35-31-52(20-8-4)32-36-56)58-39-43-60(44-40-58)80-50-10-6-2/h11-18,21-48H,5-10,19-20,49-50H2,1-4H3. The lowest BCUT2D eigenvalue weighted by atomic mass is 9.87. The normalized spacial score (nSPS) is 11.8. The lowest BCUT2D eigenvalue weighted by Gasteiger charge is -2.27. The van der Waals surface area contributed by atoms with Gasteiger partial charge in [0, 0.05) is 33.5 Å². The highest BCUT2D eigenvalue weighted by Crippen LogP contribution is 2.58. The Hall–Kier alpha value is -8.86. The molecule has 13 aromatic rings. The fraction of sp³-hybridized carbons (Fsp3) is 0.184.